The van der Waals surface area contributed by atoms with Crippen molar-refractivity contribution in [1.82, 2.24) is 0 Å². The van der Waals surface area contributed by atoms with Gasteiger partial charge < -0.3 is 19.1 Å². The standard InChI is InChI=1S/C24H29NO3/c1-2-5-18(6-3-1)19-7-4-8-22(13-19)28-21-11-9-20(10-12-21)25(14-23-16-26-23)15-24-17-27-24/h4,7-13,18,23-24H,1-3,5-6,14-17H2. The highest BCUT2D eigenvalue weighted by atomic mass is 16.6. The Morgan fingerprint density at radius 1 is 0.821 bits per heavy atom. The van der Waals surface area contributed by atoms with Gasteiger partial charge in [0.2, 0.25) is 0 Å². The molecule has 0 spiro atoms. The number of hydrogen-bond donors (Lipinski definition) is 0. The van der Waals surface area contributed by atoms with Gasteiger partial charge in [0.1, 0.15) is 11.5 Å². The minimum atomic E-state index is 0.372. The van der Waals surface area contributed by atoms with E-state index in [1.54, 1.807) is 0 Å². The molecule has 1 aliphatic carbocycles. The molecule has 2 atom stereocenters. The summed E-state index contributed by atoms with van der Waals surface area (Å²) in [6.07, 6.45) is 7.45. The van der Waals surface area contributed by atoms with Gasteiger partial charge in [-0.25, -0.2) is 0 Å². The molecule has 2 unspecified atom stereocenters. The highest BCUT2D eigenvalue weighted by Gasteiger charge is 2.30. The van der Waals surface area contributed by atoms with Crippen LogP contribution in [0.5, 0.6) is 11.5 Å². The number of hydrogen-bond acceptors (Lipinski definition) is 4. The lowest BCUT2D eigenvalue weighted by Crippen LogP contribution is -2.31. The molecule has 2 saturated heterocycles. The second-order valence-corrected chi connectivity index (χ2v) is 8.32. The third-order valence-electron chi connectivity index (χ3n) is 6.03. The molecule has 2 aromatic rings. The molecule has 3 aliphatic rings. The number of anilines is 1. The summed E-state index contributed by atoms with van der Waals surface area (Å²) in [4.78, 5) is 2.36. The maximum atomic E-state index is 6.16. The van der Waals surface area contributed by atoms with Gasteiger partial charge in [-0.15, -0.1) is 0 Å². The van der Waals surface area contributed by atoms with Crippen molar-refractivity contribution in [2.75, 3.05) is 31.2 Å². The van der Waals surface area contributed by atoms with Gasteiger partial charge in [0.05, 0.1) is 25.4 Å². The van der Waals surface area contributed by atoms with E-state index in [4.69, 9.17) is 14.2 Å². The predicted molar refractivity (Wildman–Crippen MR) is 110 cm³/mol. The summed E-state index contributed by atoms with van der Waals surface area (Å²) in [5.41, 5.74) is 2.63. The summed E-state index contributed by atoms with van der Waals surface area (Å²) in [6.45, 7) is 3.62. The second-order valence-electron chi connectivity index (χ2n) is 8.32. The van der Waals surface area contributed by atoms with Crippen molar-refractivity contribution >= 4 is 5.69 Å². The van der Waals surface area contributed by atoms with E-state index >= 15 is 0 Å². The molecule has 0 amide bonds. The van der Waals surface area contributed by atoms with Gasteiger partial charge in [0.15, 0.2) is 0 Å². The molecule has 0 aromatic heterocycles. The predicted octanol–water partition coefficient (Wildman–Crippen LogP) is 5.13. The van der Waals surface area contributed by atoms with E-state index in [0.29, 0.717) is 18.1 Å². The zero-order valence-corrected chi connectivity index (χ0v) is 16.4. The number of nitrogens with zero attached hydrogens (tertiary/aromatic N) is 1. The fourth-order valence-corrected chi connectivity index (χ4v) is 4.25. The van der Waals surface area contributed by atoms with Gasteiger partial charge in [0, 0.05) is 18.8 Å². The number of epoxide rings is 2. The van der Waals surface area contributed by atoms with Crippen LogP contribution in [0.15, 0.2) is 48.5 Å². The van der Waals surface area contributed by atoms with Crippen LogP contribution >= 0.6 is 0 Å². The molecular weight excluding hydrogens is 350 g/mol. The Morgan fingerprint density at radius 2 is 1.50 bits per heavy atom. The summed E-state index contributed by atoms with van der Waals surface area (Å²) in [7, 11) is 0. The van der Waals surface area contributed by atoms with E-state index in [-0.39, 0.29) is 0 Å². The number of rotatable bonds is 8. The highest BCUT2D eigenvalue weighted by Crippen LogP contribution is 2.35. The third kappa shape index (κ3) is 4.68. The molecule has 0 bridgehead atoms. The first-order valence-corrected chi connectivity index (χ1v) is 10.7. The zero-order valence-electron chi connectivity index (χ0n) is 16.4. The van der Waals surface area contributed by atoms with Gasteiger partial charge >= 0.3 is 0 Å². The lowest BCUT2D eigenvalue weighted by atomic mass is 9.84. The smallest absolute Gasteiger partial charge is 0.127 e. The SMILES string of the molecule is c1cc(Oc2ccc(N(CC3CO3)CC3CO3)cc2)cc(C2CCCCC2)c1. The Hall–Kier alpha value is -2.04. The monoisotopic (exact) mass is 379 g/mol. The maximum Gasteiger partial charge on any atom is 0.127 e. The summed E-state index contributed by atoms with van der Waals surface area (Å²) >= 11 is 0. The van der Waals surface area contributed by atoms with Gasteiger partial charge in [-0.1, -0.05) is 31.4 Å². The molecule has 4 heteroatoms. The number of ether oxygens (including phenoxy) is 3. The van der Waals surface area contributed by atoms with Crippen LogP contribution in [-0.4, -0.2) is 38.5 Å². The molecule has 28 heavy (non-hydrogen) atoms. The summed E-state index contributed by atoms with van der Waals surface area (Å²) in [5.74, 6) is 2.52. The zero-order chi connectivity index (χ0) is 18.8. The first-order valence-electron chi connectivity index (χ1n) is 10.7. The van der Waals surface area contributed by atoms with Gasteiger partial charge in [-0.05, 0) is 60.7 Å². The Morgan fingerprint density at radius 3 is 2.14 bits per heavy atom. The molecule has 3 fully saturated rings. The topological polar surface area (TPSA) is 37.5 Å². The Kier molecular flexibility index (Phi) is 5.24. The van der Waals surface area contributed by atoms with E-state index in [9.17, 15) is 0 Å². The van der Waals surface area contributed by atoms with E-state index in [1.807, 2.05) is 0 Å². The molecule has 148 valence electrons. The maximum absolute atomic E-state index is 6.16. The van der Waals surface area contributed by atoms with Crippen LogP contribution in [0, 0.1) is 0 Å². The van der Waals surface area contributed by atoms with E-state index < -0.39 is 0 Å². The van der Waals surface area contributed by atoms with Gasteiger partial charge in [-0.3, -0.25) is 0 Å². The largest absolute Gasteiger partial charge is 0.457 e. The molecule has 2 heterocycles. The van der Waals surface area contributed by atoms with Crippen LogP contribution in [0.2, 0.25) is 0 Å². The summed E-state index contributed by atoms with van der Waals surface area (Å²) in [6, 6.07) is 17.1. The lowest BCUT2D eigenvalue weighted by Gasteiger charge is -2.23. The highest BCUT2D eigenvalue weighted by molar-refractivity contribution is 5.50. The van der Waals surface area contributed by atoms with Crippen LogP contribution in [-0.2, 0) is 9.47 Å². The minimum Gasteiger partial charge on any atom is -0.457 e. The van der Waals surface area contributed by atoms with Crippen molar-refractivity contribution in [2.45, 2.75) is 50.2 Å². The van der Waals surface area contributed by atoms with Crippen LogP contribution in [0.25, 0.3) is 0 Å². The van der Waals surface area contributed by atoms with Crippen LogP contribution in [0.1, 0.15) is 43.6 Å². The van der Waals surface area contributed by atoms with Crippen molar-refractivity contribution in [1.29, 1.82) is 0 Å². The van der Waals surface area contributed by atoms with Crippen LogP contribution in [0.3, 0.4) is 0 Å². The van der Waals surface area contributed by atoms with Crippen molar-refractivity contribution in [3.63, 3.8) is 0 Å². The Balaban J connectivity index is 1.25. The van der Waals surface area contributed by atoms with Crippen LogP contribution < -0.4 is 9.64 Å². The molecule has 2 aromatic carbocycles. The molecule has 5 rings (SSSR count). The van der Waals surface area contributed by atoms with Gasteiger partial charge in [0.25, 0.3) is 0 Å². The number of benzene rings is 2. The molecular formula is C24H29NO3. The fourth-order valence-electron chi connectivity index (χ4n) is 4.25. The minimum absolute atomic E-state index is 0.372. The Labute approximate surface area is 167 Å². The molecule has 0 radical (unpaired) electrons. The van der Waals surface area contributed by atoms with Crippen molar-refractivity contribution in [2.24, 2.45) is 0 Å². The van der Waals surface area contributed by atoms with Crippen molar-refractivity contribution in [3.05, 3.63) is 54.1 Å². The summed E-state index contributed by atoms with van der Waals surface area (Å²) in [5, 5.41) is 0. The van der Waals surface area contributed by atoms with E-state index in [2.05, 4.69) is 53.4 Å². The van der Waals surface area contributed by atoms with Crippen LogP contribution in [0.4, 0.5) is 5.69 Å². The molecule has 0 N–H and O–H groups in total. The quantitative estimate of drug-likeness (QED) is 0.596. The van der Waals surface area contributed by atoms with Crippen molar-refractivity contribution in [3.8, 4) is 11.5 Å². The van der Waals surface area contributed by atoms with Gasteiger partial charge in [-0.2, -0.15) is 0 Å². The fraction of sp³-hybridized carbons (Fsp3) is 0.500. The average Bonchev–Trinajstić information content (AvgIpc) is 3.66. The average molecular weight is 380 g/mol. The summed E-state index contributed by atoms with van der Waals surface area (Å²) < 4.78 is 17.0. The first-order chi connectivity index (χ1) is 13.8. The van der Waals surface area contributed by atoms with E-state index in [0.717, 1.165) is 37.8 Å². The molecule has 4 nitrogen and oxygen atoms in total. The molecule has 2 aliphatic heterocycles. The third-order valence-corrected chi connectivity index (χ3v) is 6.03. The lowest BCUT2D eigenvalue weighted by molar-refractivity contribution is 0.389. The first kappa shape index (κ1) is 18.0. The second kappa shape index (κ2) is 8.14. The van der Waals surface area contributed by atoms with E-state index in [1.165, 1.54) is 43.4 Å². The Bertz CT molecular complexity index is 763. The van der Waals surface area contributed by atoms with Crippen molar-refractivity contribution < 1.29 is 14.2 Å². The molecule has 1 saturated carbocycles. The normalized spacial score (nSPS) is 24.0.